The standard InChI is InChI=1S/C75H124N26O15/c1-5-43(4)60(71(115)97-53(23-15-34-89-75(84)85)72(116)101-36-16-24-57(101)70(114)96-49(20-10-12-31-77)65(109)99-54(37-42(2)3)68(112)92-48(61(79)105)19-9-11-30-76)100-67(111)51(22-14-33-88-74(82)83)94-64(108)50(21-13-32-87-73(80)81)93-66(110)52-29-35-86-58(103)40-56(98-62(106)47(78)38-45-25-27-46(102)28-26-45)63(107)90-41-59(104)91-55(69(113)95-52)39-44-17-7-6-8-18-44/h6-8,17-18,25-28,42-43,47-57,60,102H,5,9-16,19-24,29-41,76-78H2,1-4H3,(H2,79,105)(H,86,103)(H,90,107)(H,91,104)(H,92,112)(H,93,110)(H,94,108)(H,95,113)(H,96,114)(H,97,115)(H,98,106)(H,99,109)(H,100,111)(H4,80,81,87)(H4,82,83,88)(H4,84,85,89)/t43-,47-,48-,49-,50-,51-,52-,53-,54-,55-,56+,57-,60-/m0/s1. The quantitative estimate of drug-likeness (QED) is 0.0166. The average molecular weight is 1630 g/mol. The molecule has 0 bridgehead atoms. The van der Waals surface area contributed by atoms with Crippen molar-refractivity contribution in [2.45, 2.75) is 229 Å². The highest BCUT2D eigenvalue weighted by Crippen LogP contribution is 2.22. The first kappa shape index (κ1) is 96.9. The van der Waals surface area contributed by atoms with Gasteiger partial charge in [-0.2, -0.15) is 0 Å². The van der Waals surface area contributed by atoms with Crippen molar-refractivity contribution in [3.8, 4) is 5.75 Å². The summed E-state index contributed by atoms with van der Waals surface area (Å²) in [5.41, 5.74) is 58.4. The van der Waals surface area contributed by atoms with Gasteiger partial charge in [-0.05, 0) is 157 Å². The van der Waals surface area contributed by atoms with E-state index in [0.29, 0.717) is 49.8 Å². The van der Waals surface area contributed by atoms with Crippen LogP contribution in [0.5, 0.6) is 5.75 Å². The fraction of sp³-hybridized carbons (Fsp3) is 0.613. The summed E-state index contributed by atoms with van der Waals surface area (Å²) in [6, 6.07) is -2.17. The number of carbonyl (C=O) groups is 14. The molecule has 2 saturated heterocycles. The zero-order chi connectivity index (χ0) is 86.0. The van der Waals surface area contributed by atoms with Gasteiger partial charge < -0.3 is 131 Å². The molecule has 4 rings (SSSR count). The number of likely N-dealkylation sites (tertiary alicyclic amines) is 1. The number of hydrogen-bond donors (Lipinski definition) is 23. The molecule has 2 heterocycles. The lowest BCUT2D eigenvalue weighted by Crippen LogP contribution is -2.61. The van der Waals surface area contributed by atoms with Gasteiger partial charge >= 0.3 is 0 Å². The molecule has 0 radical (unpaired) electrons. The Kier molecular flexibility index (Phi) is 42.9. The summed E-state index contributed by atoms with van der Waals surface area (Å²) in [4.78, 5) is 213. The summed E-state index contributed by atoms with van der Waals surface area (Å²) in [5, 5.41) is 41.6. The number of benzene rings is 2. The molecule has 41 nitrogen and oxygen atoms in total. The Hall–Kier alpha value is -11.5. The summed E-state index contributed by atoms with van der Waals surface area (Å²) < 4.78 is 0. The summed E-state index contributed by atoms with van der Waals surface area (Å²) >= 11 is 0. The highest BCUT2D eigenvalue weighted by Gasteiger charge is 2.42. The molecule has 2 aliphatic rings. The predicted octanol–water partition coefficient (Wildman–Crippen LogP) is -6.63. The van der Waals surface area contributed by atoms with Crippen LogP contribution < -0.4 is 121 Å². The molecule has 0 spiro atoms. The topological polar surface area (TPSA) is 704 Å². The van der Waals surface area contributed by atoms with E-state index >= 15 is 19.2 Å². The van der Waals surface area contributed by atoms with Crippen LogP contribution in [0, 0.1) is 11.8 Å². The molecule has 0 aromatic heterocycles. The van der Waals surface area contributed by atoms with Crippen molar-refractivity contribution in [2.75, 3.05) is 52.4 Å². The molecule has 0 saturated carbocycles. The van der Waals surface area contributed by atoms with Crippen molar-refractivity contribution in [3.63, 3.8) is 0 Å². The van der Waals surface area contributed by atoms with E-state index in [-0.39, 0.29) is 152 Å². The third-order valence-corrected chi connectivity index (χ3v) is 19.4. The first-order valence-electron chi connectivity index (χ1n) is 39.5. The van der Waals surface area contributed by atoms with Gasteiger partial charge in [0.05, 0.1) is 19.0 Å². The van der Waals surface area contributed by atoms with Crippen LogP contribution in [0.25, 0.3) is 0 Å². The van der Waals surface area contributed by atoms with Gasteiger partial charge in [0, 0.05) is 39.1 Å². The molecule has 2 aromatic rings. The lowest BCUT2D eigenvalue weighted by Gasteiger charge is -2.32. The normalized spacial score (nSPS) is 18.3. The van der Waals surface area contributed by atoms with E-state index in [9.17, 15) is 53.1 Å². The first-order chi connectivity index (χ1) is 55.1. The Morgan fingerprint density at radius 1 is 0.543 bits per heavy atom. The molecule has 0 aliphatic carbocycles. The molecule has 33 N–H and O–H groups in total. The minimum absolute atomic E-state index is 0.00198. The summed E-state index contributed by atoms with van der Waals surface area (Å²) in [6.45, 7) is 6.42. The van der Waals surface area contributed by atoms with Crippen molar-refractivity contribution < 1.29 is 72.2 Å². The average Bonchev–Trinajstić information content (AvgIpc) is 1.69. The Balaban J connectivity index is 1.69. The van der Waals surface area contributed by atoms with Gasteiger partial charge in [0.1, 0.15) is 72.2 Å². The van der Waals surface area contributed by atoms with Gasteiger partial charge in [-0.25, -0.2) is 0 Å². The smallest absolute Gasteiger partial charge is 0.245 e. The molecule has 2 aromatic carbocycles. The van der Waals surface area contributed by atoms with Crippen LogP contribution in [0.2, 0.25) is 0 Å². The molecule has 2 aliphatic heterocycles. The molecular formula is C75H124N26O15. The lowest BCUT2D eigenvalue weighted by atomic mass is 9.96. The number of nitrogens with two attached hydrogens (primary N) is 10. The van der Waals surface area contributed by atoms with Crippen molar-refractivity contribution in [3.05, 3.63) is 65.7 Å². The van der Waals surface area contributed by atoms with Crippen molar-refractivity contribution in [2.24, 2.45) is 84.1 Å². The van der Waals surface area contributed by atoms with E-state index in [1.807, 2.05) is 13.8 Å². The fourth-order valence-corrected chi connectivity index (χ4v) is 12.8. The molecule has 0 unspecified atom stereocenters. The SMILES string of the molecule is CC[C@H](C)[C@H](NC(=O)[C@H](CCCN=C(N)N)NC(=O)[C@H](CCCN=C(N)N)NC(=O)[C@@H]1CCNC(=O)C[C@@H](NC(=O)[C@@H](N)Cc2ccc(O)cc2)C(=O)NCC(=O)N[C@@H](Cc2ccccc2)C(=O)N1)C(=O)N[C@@H](CCCN=C(N)N)C(=O)N1CCC[C@H]1C(=O)N[C@@H](CCCCN)C(=O)N[C@@H](CC(C)C)C(=O)N[C@@H](CCCCN)C(N)=O. The Labute approximate surface area is 675 Å². The van der Waals surface area contributed by atoms with E-state index in [2.05, 4.69) is 78.8 Å². The van der Waals surface area contributed by atoms with Gasteiger partial charge in [0.25, 0.3) is 0 Å². The second kappa shape index (κ2) is 51.4. The first-order valence-corrected chi connectivity index (χ1v) is 39.5. The third-order valence-electron chi connectivity index (χ3n) is 19.4. The van der Waals surface area contributed by atoms with E-state index in [4.69, 9.17) is 57.3 Å². The fourth-order valence-electron chi connectivity index (χ4n) is 12.8. The van der Waals surface area contributed by atoms with E-state index in [0.717, 1.165) is 0 Å². The van der Waals surface area contributed by atoms with Crippen LogP contribution in [0.4, 0.5) is 0 Å². The molecule has 14 amide bonds. The summed E-state index contributed by atoms with van der Waals surface area (Å²) in [7, 11) is 0. The van der Waals surface area contributed by atoms with Gasteiger partial charge in [-0.1, -0.05) is 76.6 Å². The van der Waals surface area contributed by atoms with Crippen molar-refractivity contribution in [1.29, 1.82) is 0 Å². The summed E-state index contributed by atoms with van der Waals surface area (Å²) in [6.07, 6.45) is 1.37. The number of amides is 14. The van der Waals surface area contributed by atoms with Gasteiger partial charge in [0.2, 0.25) is 82.7 Å². The number of aromatic hydroxyl groups is 1. The minimum Gasteiger partial charge on any atom is -0.508 e. The molecule has 644 valence electrons. The monoisotopic (exact) mass is 1630 g/mol. The maximum Gasteiger partial charge on any atom is 0.245 e. The number of phenolic OH excluding ortho intramolecular Hbond substituents is 1. The lowest BCUT2D eigenvalue weighted by molar-refractivity contribution is -0.143. The molecular weight excluding hydrogens is 1500 g/mol. The van der Waals surface area contributed by atoms with Crippen LogP contribution in [-0.2, 0) is 80.0 Å². The minimum atomic E-state index is -1.62. The highest BCUT2D eigenvalue weighted by atomic mass is 16.3. The molecule has 2 fully saturated rings. The van der Waals surface area contributed by atoms with E-state index < -0.39 is 181 Å². The number of aliphatic imine (C=N–C) groups is 3. The second-order valence-corrected chi connectivity index (χ2v) is 29.3. The number of rotatable bonds is 46. The van der Waals surface area contributed by atoms with E-state index in [1.165, 1.54) is 29.2 Å². The number of guanidine groups is 3. The maximum atomic E-state index is 15.1. The molecule has 41 heteroatoms. The van der Waals surface area contributed by atoms with Gasteiger partial charge in [-0.3, -0.25) is 82.1 Å². The number of carbonyl (C=O) groups excluding carboxylic acids is 14. The number of primary amides is 1. The largest absolute Gasteiger partial charge is 0.508 e. The van der Waals surface area contributed by atoms with Crippen LogP contribution in [0.3, 0.4) is 0 Å². The molecule has 13 atom stereocenters. The Morgan fingerprint density at radius 3 is 1.60 bits per heavy atom. The van der Waals surface area contributed by atoms with E-state index in [1.54, 1.807) is 44.2 Å². The highest BCUT2D eigenvalue weighted by molar-refractivity contribution is 6.00. The van der Waals surface area contributed by atoms with Crippen LogP contribution in [-0.4, -0.2) is 235 Å². The second-order valence-electron chi connectivity index (χ2n) is 29.3. The zero-order valence-corrected chi connectivity index (χ0v) is 66.8. The Bertz CT molecular complexity index is 3670. The Morgan fingerprint density at radius 2 is 1.05 bits per heavy atom. The van der Waals surface area contributed by atoms with Gasteiger partial charge in [-0.15, -0.1) is 0 Å². The number of unbranched alkanes of at least 4 members (excludes halogenated alkanes) is 2. The van der Waals surface area contributed by atoms with Crippen LogP contribution >= 0.6 is 0 Å². The van der Waals surface area contributed by atoms with Crippen molar-refractivity contribution in [1.82, 2.24) is 68.7 Å². The predicted molar refractivity (Wildman–Crippen MR) is 433 cm³/mol. The summed E-state index contributed by atoms with van der Waals surface area (Å²) in [5.74, 6) is -13.5. The van der Waals surface area contributed by atoms with Crippen LogP contribution in [0.1, 0.15) is 154 Å². The third kappa shape index (κ3) is 35.5. The number of nitrogens with zero attached hydrogens (tertiary/aromatic N) is 4. The molecule has 116 heavy (non-hydrogen) atoms. The number of hydrogen-bond acceptors (Lipinski definition) is 21. The van der Waals surface area contributed by atoms with Crippen molar-refractivity contribution >= 4 is 101 Å². The van der Waals surface area contributed by atoms with Crippen LogP contribution in [0.15, 0.2) is 69.6 Å². The maximum absolute atomic E-state index is 15.1. The number of phenols is 1. The number of nitrogens with one attached hydrogen (secondary N) is 12. The van der Waals surface area contributed by atoms with Gasteiger partial charge in [0.15, 0.2) is 17.9 Å². The zero-order valence-electron chi connectivity index (χ0n) is 66.8.